The Morgan fingerprint density at radius 2 is 2.18 bits per heavy atom. The first-order valence-corrected chi connectivity index (χ1v) is 7.01. The number of imidazole rings is 1. The summed E-state index contributed by atoms with van der Waals surface area (Å²) in [5.74, 6) is -0.0715. The molecule has 0 bridgehead atoms. The van der Waals surface area contributed by atoms with Crippen LogP contribution in [0.25, 0.3) is 11.4 Å². The van der Waals surface area contributed by atoms with Crippen molar-refractivity contribution in [1.82, 2.24) is 14.9 Å². The maximum atomic E-state index is 12.0. The second-order valence-corrected chi connectivity index (χ2v) is 4.79. The second-order valence-electron chi connectivity index (χ2n) is 4.79. The smallest absolute Gasteiger partial charge is 0.325 e. The summed E-state index contributed by atoms with van der Waals surface area (Å²) in [4.78, 5) is 27.7. The molecule has 0 aliphatic rings. The van der Waals surface area contributed by atoms with E-state index < -0.39 is 5.97 Å². The van der Waals surface area contributed by atoms with E-state index in [1.807, 2.05) is 13.8 Å². The first-order chi connectivity index (χ1) is 10.5. The quantitative estimate of drug-likeness (QED) is 0.816. The molecule has 22 heavy (non-hydrogen) atoms. The summed E-state index contributed by atoms with van der Waals surface area (Å²) in [5.41, 5.74) is 2.53. The average molecular weight is 305 g/mol. The lowest BCUT2D eigenvalue weighted by atomic mass is 10.3. The van der Waals surface area contributed by atoms with Crippen LogP contribution in [-0.2, 0) is 20.9 Å². The van der Waals surface area contributed by atoms with Gasteiger partial charge in [-0.15, -0.1) is 0 Å². The Balaban J connectivity index is 2.09. The Kier molecular flexibility index (Phi) is 4.98. The van der Waals surface area contributed by atoms with Crippen molar-refractivity contribution < 1.29 is 18.7 Å². The van der Waals surface area contributed by atoms with E-state index in [2.05, 4.69) is 10.3 Å². The Morgan fingerprint density at radius 1 is 1.41 bits per heavy atom. The van der Waals surface area contributed by atoms with Crippen molar-refractivity contribution in [2.75, 3.05) is 13.2 Å². The number of hydrogen-bond donors (Lipinski definition) is 1. The third-order valence-corrected chi connectivity index (χ3v) is 3.27. The highest BCUT2D eigenvalue weighted by Gasteiger charge is 2.16. The first-order valence-electron chi connectivity index (χ1n) is 7.01. The number of amides is 1. The fourth-order valence-corrected chi connectivity index (χ4v) is 2.04. The standard InChI is InChI=1S/C15H19N3O4/c1-4-22-14(20)7-16-13(19)8-18-11(3)10(2)17-15(18)12-5-6-21-9-12/h5-6,9H,4,7-8H2,1-3H3,(H,16,19). The molecule has 2 heterocycles. The van der Waals surface area contributed by atoms with E-state index in [1.54, 1.807) is 30.1 Å². The molecular formula is C15H19N3O4. The average Bonchev–Trinajstić information content (AvgIpc) is 3.09. The molecule has 0 atom stereocenters. The number of carbonyl (C=O) groups excluding carboxylic acids is 2. The third-order valence-electron chi connectivity index (χ3n) is 3.27. The topological polar surface area (TPSA) is 86.4 Å². The van der Waals surface area contributed by atoms with Gasteiger partial charge in [-0.3, -0.25) is 9.59 Å². The Labute approximate surface area is 128 Å². The summed E-state index contributed by atoms with van der Waals surface area (Å²) in [6.45, 7) is 5.72. The number of aromatic nitrogens is 2. The van der Waals surface area contributed by atoms with E-state index in [0.29, 0.717) is 12.4 Å². The predicted molar refractivity (Wildman–Crippen MR) is 79.0 cm³/mol. The zero-order valence-corrected chi connectivity index (χ0v) is 12.9. The summed E-state index contributed by atoms with van der Waals surface area (Å²) in [6.07, 6.45) is 3.13. The van der Waals surface area contributed by atoms with Crippen LogP contribution in [0.2, 0.25) is 0 Å². The molecule has 7 nitrogen and oxygen atoms in total. The largest absolute Gasteiger partial charge is 0.472 e. The minimum Gasteiger partial charge on any atom is -0.472 e. The van der Waals surface area contributed by atoms with Crippen LogP contribution in [-0.4, -0.2) is 34.6 Å². The van der Waals surface area contributed by atoms with Gasteiger partial charge in [0, 0.05) is 5.69 Å². The van der Waals surface area contributed by atoms with E-state index in [-0.39, 0.29) is 19.0 Å². The summed E-state index contributed by atoms with van der Waals surface area (Å²) in [6, 6.07) is 1.79. The Hall–Kier alpha value is -2.57. The molecule has 1 amide bonds. The lowest BCUT2D eigenvalue weighted by Crippen LogP contribution is -2.33. The number of carbonyl (C=O) groups is 2. The minimum atomic E-state index is -0.454. The summed E-state index contributed by atoms with van der Waals surface area (Å²) in [7, 11) is 0. The van der Waals surface area contributed by atoms with Crippen LogP contribution < -0.4 is 5.32 Å². The van der Waals surface area contributed by atoms with E-state index in [4.69, 9.17) is 9.15 Å². The highest BCUT2D eigenvalue weighted by molar-refractivity contribution is 5.82. The van der Waals surface area contributed by atoms with Gasteiger partial charge in [0.2, 0.25) is 5.91 Å². The fraction of sp³-hybridized carbons (Fsp3) is 0.400. The van der Waals surface area contributed by atoms with Crippen molar-refractivity contribution in [3.63, 3.8) is 0 Å². The monoisotopic (exact) mass is 305 g/mol. The van der Waals surface area contributed by atoms with Crippen molar-refractivity contribution in [2.24, 2.45) is 0 Å². The lowest BCUT2D eigenvalue weighted by Gasteiger charge is -2.09. The Bertz CT molecular complexity index is 659. The second kappa shape index (κ2) is 6.93. The van der Waals surface area contributed by atoms with Crippen LogP contribution in [0.5, 0.6) is 0 Å². The number of esters is 1. The third kappa shape index (κ3) is 3.55. The maximum Gasteiger partial charge on any atom is 0.325 e. The summed E-state index contributed by atoms with van der Waals surface area (Å²) >= 11 is 0. The molecule has 0 saturated carbocycles. The number of hydrogen-bond acceptors (Lipinski definition) is 5. The van der Waals surface area contributed by atoms with Crippen LogP contribution >= 0.6 is 0 Å². The van der Waals surface area contributed by atoms with Crippen LogP contribution in [0, 0.1) is 13.8 Å². The van der Waals surface area contributed by atoms with Crippen molar-refractivity contribution in [3.05, 3.63) is 30.0 Å². The van der Waals surface area contributed by atoms with Gasteiger partial charge in [0.15, 0.2) is 0 Å². The number of ether oxygens (including phenoxy) is 1. The molecule has 0 aromatic carbocycles. The van der Waals surface area contributed by atoms with E-state index in [1.165, 1.54) is 0 Å². The molecule has 1 N–H and O–H groups in total. The molecule has 0 aliphatic heterocycles. The molecule has 118 valence electrons. The van der Waals surface area contributed by atoms with Crippen molar-refractivity contribution in [1.29, 1.82) is 0 Å². The highest BCUT2D eigenvalue weighted by atomic mass is 16.5. The van der Waals surface area contributed by atoms with Crippen molar-refractivity contribution in [3.8, 4) is 11.4 Å². The van der Waals surface area contributed by atoms with Gasteiger partial charge in [-0.05, 0) is 26.8 Å². The first kappa shape index (κ1) is 15.8. The number of nitrogens with one attached hydrogen (secondary N) is 1. The molecular weight excluding hydrogens is 286 g/mol. The SMILES string of the molecule is CCOC(=O)CNC(=O)Cn1c(-c2ccoc2)nc(C)c1C. The maximum absolute atomic E-state index is 12.0. The molecule has 0 fully saturated rings. The van der Waals surface area contributed by atoms with Crippen molar-refractivity contribution in [2.45, 2.75) is 27.3 Å². The highest BCUT2D eigenvalue weighted by Crippen LogP contribution is 2.22. The predicted octanol–water partition coefficient (Wildman–Crippen LogP) is 1.44. The number of rotatable bonds is 6. The van der Waals surface area contributed by atoms with Crippen LogP contribution in [0.15, 0.2) is 23.0 Å². The van der Waals surface area contributed by atoms with Gasteiger partial charge in [-0.25, -0.2) is 4.98 Å². The number of aryl methyl sites for hydroxylation is 1. The van der Waals surface area contributed by atoms with Gasteiger partial charge in [-0.2, -0.15) is 0 Å². The summed E-state index contributed by atoms with van der Waals surface area (Å²) in [5, 5.41) is 2.54. The lowest BCUT2D eigenvalue weighted by molar-refractivity contribution is -0.143. The van der Waals surface area contributed by atoms with Gasteiger partial charge in [-0.1, -0.05) is 0 Å². The van der Waals surface area contributed by atoms with Gasteiger partial charge < -0.3 is 19.0 Å². The van der Waals surface area contributed by atoms with E-state index >= 15 is 0 Å². The molecule has 0 saturated heterocycles. The van der Waals surface area contributed by atoms with Crippen molar-refractivity contribution >= 4 is 11.9 Å². The molecule has 0 unspecified atom stereocenters. The van der Waals surface area contributed by atoms with Gasteiger partial charge in [0.1, 0.15) is 25.2 Å². The Morgan fingerprint density at radius 3 is 2.82 bits per heavy atom. The number of nitrogens with zero attached hydrogens (tertiary/aromatic N) is 2. The molecule has 0 aliphatic carbocycles. The van der Waals surface area contributed by atoms with Crippen LogP contribution in [0.4, 0.5) is 0 Å². The molecule has 0 radical (unpaired) electrons. The molecule has 0 spiro atoms. The minimum absolute atomic E-state index is 0.0760. The fourth-order valence-electron chi connectivity index (χ4n) is 2.04. The van der Waals surface area contributed by atoms with Gasteiger partial charge >= 0.3 is 5.97 Å². The molecule has 7 heteroatoms. The van der Waals surface area contributed by atoms with Crippen LogP contribution in [0.3, 0.4) is 0 Å². The molecule has 2 aromatic rings. The zero-order chi connectivity index (χ0) is 16.1. The normalized spacial score (nSPS) is 10.5. The van der Waals surface area contributed by atoms with E-state index in [9.17, 15) is 9.59 Å². The van der Waals surface area contributed by atoms with Gasteiger partial charge in [0.05, 0.1) is 24.1 Å². The number of furan rings is 1. The van der Waals surface area contributed by atoms with E-state index in [0.717, 1.165) is 17.0 Å². The van der Waals surface area contributed by atoms with Gasteiger partial charge in [0.25, 0.3) is 0 Å². The molecule has 2 aromatic heterocycles. The van der Waals surface area contributed by atoms with Crippen LogP contribution in [0.1, 0.15) is 18.3 Å². The zero-order valence-electron chi connectivity index (χ0n) is 12.9. The summed E-state index contributed by atoms with van der Waals surface area (Å²) < 4.78 is 11.6. The molecule has 2 rings (SSSR count).